The quantitative estimate of drug-likeness (QED) is 0.865. The van der Waals surface area contributed by atoms with Gasteiger partial charge in [-0.3, -0.25) is 4.68 Å². The van der Waals surface area contributed by atoms with Crippen molar-refractivity contribution in [2.24, 2.45) is 7.05 Å². The van der Waals surface area contributed by atoms with Crippen molar-refractivity contribution in [2.75, 3.05) is 14.2 Å². The molecule has 0 aliphatic carbocycles. The number of nitrogens with one attached hydrogen (secondary N) is 1. The van der Waals surface area contributed by atoms with E-state index in [1.165, 1.54) is 5.56 Å². The van der Waals surface area contributed by atoms with Crippen LogP contribution in [0.5, 0.6) is 5.75 Å². The number of nitrogens with zero attached hydrogens (tertiary/aromatic N) is 2. The summed E-state index contributed by atoms with van der Waals surface area (Å²) in [5, 5.41) is 7.60. The molecule has 0 spiro atoms. The first-order chi connectivity index (χ1) is 9.26. The molecule has 0 aliphatic heterocycles. The zero-order valence-corrected chi connectivity index (χ0v) is 11.8. The van der Waals surface area contributed by atoms with E-state index in [0.29, 0.717) is 6.04 Å². The average Bonchev–Trinajstić information content (AvgIpc) is 2.81. The number of benzene rings is 1. The predicted molar refractivity (Wildman–Crippen MR) is 76.3 cm³/mol. The van der Waals surface area contributed by atoms with Crippen molar-refractivity contribution in [3.63, 3.8) is 0 Å². The highest BCUT2D eigenvalue weighted by atomic mass is 16.5. The Balaban J connectivity index is 2.06. The summed E-state index contributed by atoms with van der Waals surface area (Å²) in [5.41, 5.74) is 2.45. The fourth-order valence-corrected chi connectivity index (χ4v) is 2.34. The number of aryl methyl sites for hydroxylation is 1. The molecule has 0 amide bonds. The molecular weight excluding hydrogens is 238 g/mol. The molecule has 102 valence electrons. The Kier molecular flexibility index (Phi) is 4.58. The standard InChI is InChI=1S/C15H21N3O/c1-16-13(12-7-5-4-6-8-12)9-10-14-15(19-3)11-17-18(14)2/h4-8,11,13,16H,9-10H2,1-3H3. The number of aromatic nitrogens is 2. The molecule has 4 heteroatoms. The van der Waals surface area contributed by atoms with Gasteiger partial charge in [0.05, 0.1) is 19.0 Å². The number of ether oxygens (including phenoxy) is 1. The van der Waals surface area contributed by atoms with Crippen LogP contribution in [-0.2, 0) is 13.5 Å². The summed E-state index contributed by atoms with van der Waals surface area (Å²) < 4.78 is 7.22. The monoisotopic (exact) mass is 259 g/mol. The Morgan fingerprint density at radius 3 is 2.68 bits per heavy atom. The molecule has 1 atom stereocenters. The van der Waals surface area contributed by atoms with E-state index in [1.54, 1.807) is 13.3 Å². The minimum atomic E-state index is 0.348. The molecule has 1 N–H and O–H groups in total. The Morgan fingerprint density at radius 2 is 2.05 bits per heavy atom. The molecule has 4 nitrogen and oxygen atoms in total. The van der Waals surface area contributed by atoms with E-state index in [-0.39, 0.29) is 0 Å². The van der Waals surface area contributed by atoms with Crippen LogP contribution >= 0.6 is 0 Å². The van der Waals surface area contributed by atoms with Crippen molar-refractivity contribution < 1.29 is 4.74 Å². The highest BCUT2D eigenvalue weighted by Crippen LogP contribution is 2.23. The van der Waals surface area contributed by atoms with Gasteiger partial charge in [-0.1, -0.05) is 30.3 Å². The maximum atomic E-state index is 5.33. The number of methoxy groups -OCH3 is 1. The van der Waals surface area contributed by atoms with Gasteiger partial charge in [0, 0.05) is 13.1 Å². The summed E-state index contributed by atoms with van der Waals surface area (Å²) in [6, 6.07) is 10.8. The largest absolute Gasteiger partial charge is 0.493 e. The van der Waals surface area contributed by atoms with Gasteiger partial charge in [-0.25, -0.2) is 0 Å². The van der Waals surface area contributed by atoms with E-state index >= 15 is 0 Å². The molecule has 1 unspecified atom stereocenters. The Bertz CT molecular complexity index is 507. The third kappa shape index (κ3) is 3.15. The van der Waals surface area contributed by atoms with E-state index in [1.807, 2.05) is 24.8 Å². The third-order valence-electron chi connectivity index (χ3n) is 3.46. The topological polar surface area (TPSA) is 39.1 Å². The lowest BCUT2D eigenvalue weighted by molar-refractivity contribution is 0.405. The summed E-state index contributed by atoms with van der Waals surface area (Å²) in [5.74, 6) is 0.866. The van der Waals surface area contributed by atoms with Gasteiger partial charge in [-0.15, -0.1) is 0 Å². The summed E-state index contributed by atoms with van der Waals surface area (Å²) in [4.78, 5) is 0. The van der Waals surface area contributed by atoms with Gasteiger partial charge in [0.2, 0.25) is 0 Å². The van der Waals surface area contributed by atoms with Crippen molar-refractivity contribution in [3.8, 4) is 5.75 Å². The predicted octanol–water partition coefficient (Wildman–Crippen LogP) is 2.32. The van der Waals surface area contributed by atoms with Gasteiger partial charge in [-0.2, -0.15) is 5.10 Å². The van der Waals surface area contributed by atoms with Gasteiger partial charge in [0.25, 0.3) is 0 Å². The zero-order chi connectivity index (χ0) is 13.7. The van der Waals surface area contributed by atoms with Crippen LogP contribution in [0.1, 0.15) is 23.7 Å². The van der Waals surface area contributed by atoms with Gasteiger partial charge >= 0.3 is 0 Å². The van der Waals surface area contributed by atoms with Crippen LogP contribution in [0.4, 0.5) is 0 Å². The number of rotatable bonds is 6. The molecule has 0 saturated heterocycles. The molecule has 1 aromatic heterocycles. The van der Waals surface area contributed by atoms with Crippen molar-refractivity contribution in [1.29, 1.82) is 0 Å². The Morgan fingerprint density at radius 1 is 1.32 bits per heavy atom. The van der Waals surface area contributed by atoms with Crippen LogP contribution in [-0.4, -0.2) is 23.9 Å². The second kappa shape index (κ2) is 6.38. The van der Waals surface area contributed by atoms with Gasteiger partial charge in [-0.05, 0) is 25.5 Å². The van der Waals surface area contributed by atoms with Crippen LogP contribution in [0, 0.1) is 0 Å². The maximum absolute atomic E-state index is 5.33. The van der Waals surface area contributed by atoms with Crippen LogP contribution < -0.4 is 10.1 Å². The fourth-order valence-electron chi connectivity index (χ4n) is 2.34. The molecule has 1 aromatic carbocycles. The smallest absolute Gasteiger partial charge is 0.159 e. The van der Waals surface area contributed by atoms with Crippen LogP contribution in [0.25, 0.3) is 0 Å². The summed E-state index contributed by atoms with van der Waals surface area (Å²) >= 11 is 0. The molecule has 0 aliphatic rings. The third-order valence-corrected chi connectivity index (χ3v) is 3.46. The zero-order valence-electron chi connectivity index (χ0n) is 11.8. The maximum Gasteiger partial charge on any atom is 0.159 e. The SMILES string of the molecule is CNC(CCc1c(OC)cnn1C)c1ccccc1. The molecule has 1 heterocycles. The van der Waals surface area contributed by atoms with Crippen molar-refractivity contribution in [2.45, 2.75) is 18.9 Å². The second-order valence-electron chi connectivity index (χ2n) is 4.57. The number of hydrogen-bond donors (Lipinski definition) is 1. The molecule has 2 aromatic rings. The lowest BCUT2D eigenvalue weighted by Gasteiger charge is -2.17. The van der Waals surface area contributed by atoms with Crippen LogP contribution in [0.15, 0.2) is 36.5 Å². The molecule has 2 rings (SSSR count). The normalized spacial score (nSPS) is 12.4. The molecule has 19 heavy (non-hydrogen) atoms. The molecular formula is C15H21N3O. The molecule has 0 bridgehead atoms. The lowest BCUT2D eigenvalue weighted by Crippen LogP contribution is -2.17. The molecule has 0 radical (unpaired) electrons. The number of hydrogen-bond acceptors (Lipinski definition) is 3. The highest BCUT2D eigenvalue weighted by molar-refractivity contribution is 5.26. The summed E-state index contributed by atoms with van der Waals surface area (Å²) in [6.45, 7) is 0. The van der Waals surface area contributed by atoms with Crippen molar-refractivity contribution in [3.05, 3.63) is 47.8 Å². The van der Waals surface area contributed by atoms with Gasteiger partial charge in [0.1, 0.15) is 0 Å². The van der Waals surface area contributed by atoms with Crippen LogP contribution in [0.3, 0.4) is 0 Å². The van der Waals surface area contributed by atoms with E-state index in [9.17, 15) is 0 Å². The lowest BCUT2D eigenvalue weighted by atomic mass is 10.0. The van der Waals surface area contributed by atoms with E-state index in [0.717, 1.165) is 24.3 Å². The molecule has 0 fully saturated rings. The fraction of sp³-hybridized carbons (Fsp3) is 0.400. The Hall–Kier alpha value is -1.81. The Labute approximate surface area is 114 Å². The first-order valence-electron chi connectivity index (χ1n) is 6.53. The van der Waals surface area contributed by atoms with E-state index in [2.05, 4.69) is 34.7 Å². The second-order valence-corrected chi connectivity index (χ2v) is 4.57. The van der Waals surface area contributed by atoms with E-state index < -0.39 is 0 Å². The van der Waals surface area contributed by atoms with Crippen molar-refractivity contribution in [1.82, 2.24) is 15.1 Å². The van der Waals surface area contributed by atoms with Crippen LogP contribution in [0.2, 0.25) is 0 Å². The van der Waals surface area contributed by atoms with Gasteiger partial charge < -0.3 is 10.1 Å². The summed E-state index contributed by atoms with van der Waals surface area (Å²) in [7, 11) is 5.64. The molecule has 0 saturated carbocycles. The highest BCUT2D eigenvalue weighted by Gasteiger charge is 2.13. The van der Waals surface area contributed by atoms with Crippen molar-refractivity contribution >= 4 is 0 Å². The minimum Gasteiger partial charge on any atom is -0.493 e. The average molecular weight is 259 g/mol. The van der Waals surface area contributed by atoms with E-state index in [4.69, 9.17) is 4.74 Å². The first kappa shape index (κ1) is 13.6. The summed E-state index contributed by atoms with van der Waals surface area (Å²) in [6.07, 6.45) is 3.71. The first-order valence-corrected chi connectivity index (χ1v) is 6.53. The minimum absolute atomic E-state index is 0.348. The van der Waals surface area contributed by atoms with Gasteiger partial charge in [0.15, 0.2) is 5.75 Å².